The summed E-state index contributed by atoms with van der Waals surface area (Å²) in [6, 6.07) is 10.6. The highest BCUT2D eigenvalue weighted by Crippen LogP contribution is 2.39. The molecule has 1 aliphatic rings. The Kier molecular flexibility index (Phi) is 2.92. The van der Waals surface area contributed by atoms with Gasteiger partial charge in [-0.1, -0.05) is 19.1 Å². The lowest BCUT2D eigenvalue weighted by atomic mass is 10.1. The van der Waals surface area contributed by atoms with Crippen LogP contribution in [0.4, 0.5) is 0 Å². The summed E-state index contributed by atoms with van der Waals surface area (Å²) in [6.07, 6.45) is 5.60. The van der Waals surface area contributed by atoms with Gasteiger partial charge in [-0.25, -0.2) is 4.68 Å². The number of aromatic nitrogens is 2. The second-order valence-electron chi connectivity index (χ2n) is 5.07. The summed E-state index contributed by atoms with van der Waals surface area (Å²) >= 11 is 0. The van der Waals surface area contributed by atoms with E-state index in [4.69, 9.17) is 5.73 Å². The molecule has 0 bridgehead atoms. The van der Waals surface area contributed by atoms with E-state index in [1.807, 2.05) is 10.9 Å². The lowest BCUT2D eigenvalue weighted by Crippen LogP contribution is -2.08. The SMILES string of the molecule is CC[C@H](N)c1ccc(-n2ccc(C3CC3)n2)cc1. The first-order chi connectivity index (χ1) is 8.78. The van der Waals surface area contributed by atoms with E-state index in [9.17, 15) is 0 Å². The van der Waals surface area contributed by atoms with E-state index in [1.54, 1.807) is 0 Å². The van der Waals surface area contributed by atoms with Crippen LogP contribution >= 0.6 is 0 Å². The van der Waals surface area contributed by atoms with E-state index in [2.05, 4.69) is 42.4 Å². The number of rotatable bonds is 4. The number of hydrogen-bond acceptors (Lipinski definition) is 2. The fraction of sp³-hybridized carbons (Fsp3) is 0.400. The number of nitrogens with zero attached hydrogens (tertiary/aromatic N) is 2. The molecule has 94 valence electrons. The molecule has 0 saturated heterocycles. The summed E-state index contributed by atoms with van der Waals surface area (Å²) in [4.78, 5) is 0. The van der Waals surface area contributed by atoms with Crippen molar-refractivity contribution in [3.8, 4) is 5.69 Å². The smallest absolute Gasteiger partial charge is 0.0659 e. The zero-order valence-electron chi connectivity index (χ0n) is 10.7. The molecular formula is C15H19N3. The van der Waals surface area contributed by atoms with Crippen LogP contribution in [0.3, 0.4) is 0 Å². The molecule has 0 radical (unpaired) electrons. The molecule has 0 amide bonds. The molecule has 0 unspecified atom stereocenters. The zero-order chi connectivity index (χ0) is 12.5. The van der Waals surface area contributed by atoms with Crippen LogP contribution in [0.5, 0.6) is 0 Å². The van der Waals surface area contributed by atoms with Gasteiger partial charge < -0.3 is 5.73 Å². The third-order valence-electron chi connectivity index (χ3n) is 3.63. The standard InChI is InChI=1S/C15H19N3/c1-2-14(16)11-5-7-13(8-6-11)18-10-9-15(17-18)12-3-4-12/h5-10,12,14H,2-4,16H2,1H3/t14-/m0/s1. The normalized spacial score (nSPS) is 16.8. The maximum atomic E-state index is 6.01. The van der Waals surface area contributed by atoms with E-state index < -0.39 is 0 Å². The molecule has 2 aromatic rings. The monoisotopic (exact) mass is 241 g/mol. The second kappa shape index (κ2) is 4.58. The lowest BCUT2D eigenvalue weighted by molar-refractivity contribution is 0.698. The van der Waals surface area contributed by atoms with E-state index in [1.165, 1.54) is 24.1 Å². The van der Waals surface area contributed by atoms with Gasteiger partial charge in [0.2, 0.25) is 0 Å². The molecule has 3 nitrogen and oxygen atoms in total. The molecule has 1 aromatic heterocycles. The van der Waals surface area contributed by atoms with Crippen molar-refractivity contribution in [2.75, 3.05) is 0 Å². The molecule has 1 aromatic carbocycles. The van der Waals surface area contributed by atoms with Crippen molar-refractivity contribution in [1.29, 1.82) is 0 Å². The first kappa shape index (κ1) is 11.5. The van der Waals surface area contributed by atoms with E-state index >= 15 is 0 Å². The molecule has 3 rings (SSSR count). The third kappa shape index (κ3) is 2.18. The Hall–Kier alpha value is -1.61. The van der Waals surface area contributed by atoms with Crippen LogP contribution in [0.15, 0.2) is 36.5 Å². The summed E-state index contributed by atoms with van der Waals surface area (Å²) in [7, 11) is 0. The van der Waals surface area contributed by atoms with Gasteiger partial charge in [0, 0.05) is 18.2 Å². The summed E-state index contributed by atoms with van der Waals surface area (Å²) in [5.74, 6) is 0.707. The first-order valence-corrected chi connectivity index (χ1v) is 6.69. The summed E-state index contributed by atoms with van der Waals surface area (Å²) < 4.78 is 1.95. The largest absolute Gasteiger partial charge is 0.324 e. The van der Waals surface area contributed by atoms with Crippen molar-refractivity contribution < 1.29 is 0 Å². The molecule has 18 heavy (non-hydrogen) atoms. The fourth-order valence-electron chi connectivity index (χ4n) is 2.19. The quantitative estimate of drug-likeness (QED) is 0.893. The van der Waals surface area contributed by atoms with Crippen molar-refractivity contribution in [2.45, 2.75) is 38.1 Å². The number of nitrogens with two attached hydrogens (primary N) is 1. The van der Waals surface area contributed by atoms with E-state index in [0.29, 0.717) is 5.92 Å². The lowest BCUT2D eigenvalue weighted by Gasteiger charge is -2.09. The molecule has 1 heterocycles. The van der Waals surface area contributed by atoms with Gasteiger partial charge in [-0.05, 0) is 43.0 Å². The van der Waals surface area contributed by atoms with Gasteiger partial charge in [-0.15, -0.1) is 0 Å². The predicted molar refractivity (Wildman–Crippen MR) is 72.8 cm³/mol. The Labute approximate surface area is 108 Å². The van der Waals surface area contributed by atoms with Crippen LogP contribution in [0.2, 0.25) is 0 Å². The first-order valence-electron chi connectivity index (χ1n) is 6.69. The predicted octanol–water partition coefficient (Wildman–Crippen LogP) is 3.16. The Morgan fingerprint density at radius 1 is 1.28 bits per heavy atom. The molecule has 3 heteroatoms. The zero-order valence-corrected chi connectivity index (χ0v) is 10.7. The van der Waals surface area contributed by atoms with Crippen LogP contribution in [0, 0.1) is 0 Å². The van der Waals surface area contributed by atoms with Crippen molar-refractivity contribution in [2.24, 2.45) is 5.73 Å². The summed E-state index contributed by atoms with van der Waals surface area (Å²) in [6.45, 7) is 2.11. The molecule has 1 saturated carbocycles. The molecule has 1 aliphatic carbocycles. The molecular weight excluding hydrogens is 222 g/mol. The van der Waals surface area contributed by atoms with Gasteiger partial charge in [-0.2, -0.15) is 5.10 Å². The molecule has 0 aliphatic heterocycles. The van der Waals surface area contributed by atoms with Crippen molar-refractivity contribution in [3.63, 3.8) is 0 Å². The van der Waals surface area contributed by atoms with Crippen molar-refractivity contribution in [3.05, 3.63) is 47.8 Å². The maximum Gasteiger partial charge on any atom is 0.0659 e. The van der Waals surface area contributed by atoms with Crippen molar-refractivity contribution in [1.82, 2.24) is 9.78 Å². The topological polar surface area (TPSA) is 43.8 Å². The molecule has 2 N–H and O–H groups in total. The number of benzene rings is 1. The molecule has 1 fully saturated rings. The van der Waals surface area contributed by atoms with Crippen LogP contribution in [-0.4, -0.2) is 9.78 Å². The van der Waals surface area contributed by atoms with E-state index in [-0.39, 0.29) is 6.04 Å². The van der Waals surface area contributed by atoms with Crippen LogP contribution in [0.1, 0.15) is 49.4 Å². The third-order valence-corrected chi connectivity index (χ3v) is 3.63. The highest BCUT2D eigenvalue weighted by atomic mass is 15.3. The van der Waals surface area contributed by atoms with Gasteiger partial charge in [0.1, 0.15) is 0 Å². The minimum atomic E-state index is 0.138. The summed E-state index contributed by atoms with van der Waals surface area (Å²) in [5.41, 5.74) is 9.54. The Morgan fingerprint density at radius 3 is 2.61 bits per heavy atom. The minimum absolute atomic E-state index is 0.138. The average molecular weight is 241 g/mol. The van der Waals surface area contributed by atoms with Crippen LogP contribution in [0.25, 0.3) is 5.69 Å². The van der Waals surface area contributed by atoms with Crippen LogP contribution < -0.4 is 5.73 Å². The Morgan fingerprint density at radius 2 is 2.00 bits per heavy atom. The van der Waals surface area contributed by atoms with E-state index in [0.717, 1.165) is 12.1 Å². The maximum absolute atomic E-state index is 6.01. The Balaban J connectivity index is 1.82. The highest BCUT2D eigenvalue weighted by Gasteiger charge is 2.25. The average Bonchev–Trinajstić information content (AvgIpc) is 3.16. The Bertz CT molecular complexity index is 523. The second-order valence-corrected chi connectivity index (χ2v) is 5.07. The van der Waals surface area contributed by atoms with Gasteiger partial charge in [0.25, 0.3) is 0 Å². The molecule has 0 spiro atoms. The fourth-order valence-corrected chi connectivity index (χ4v) is 2.19. The highest BCUT2D eigenvalue weighted by molar-refractivity contribution is 5.35. The number of hydrogen-bond donors (Lipinski definition) is 1. The summed E-state index contributed by atoms with van der Waals surface area (Å²) in [5, 5.41) is 4.62. The van der Waals surface area contributed by atoms with Gasteiger partial charge in [0.05, 0.1) is 11.4 Å². The van der Waals surface area contributed by atoms with Crippen LogP contribution in [-0.2, 0) is 0 Å². The molecule has 1 atom stereocenters. The van der Waals surface area contributed by atoms with Crippen molar-refractivity contribution >= 4 is 0 Å². The van der Waals surface area contributed by atoms with Gasteiger partial charge in [-0.3, -0.25) is 0 Å². The van der Waals surface area contributed by atoms with Gasteiger partial charge in [0.15, 0.2) is 0 Å². The van der Waals surface area contributed by atoms with Gasteiger partial charge >= 0.3 is 0 Å². The minimum Gasteiger partial charge on any atom is -0.324 e.